The van der Waals surface area contributed by atoms with E-state index in [0.717, 1.165) is 16.7 Å². The molecule has 3 rings (SSSR count). The third-order valence-corrected chi connectivity index (χ3v) is 3.32. The molecule has 0 unspecified atom stereocenters. The molecule has 20 heavy (non-hydrogen) atoms. The molecule has 2 heteroatoms. The van der Waals surface area contributed by atoms with Gasteiger partial charge in [-0.1, -0.05) is 60.7 Å². The minimum absolute atomic E-state index is 0.176. The first-order chi connectivity index (χ1) is 9.74. The highest BCUT2D eigenvalue weighted by atomic mass is 19.1. The van der Waals surface area contributed by atoms with Crippen molar-refractivity contribution in [2.75, 3.05) is 5.73 Å². The molecule has 0 aliphatic rings. The van der Waals surface area contributed by atoms with Gasteiger partial charge in [0.05, 0.1) is 5.69 Å². The maximum atomic E-state index is 13.2. The van der Waals surface area contributed by atoms with Crippen LogP contribution in [-0.4, -0.2) is 0 Å². The van der Waals surface area contributed by atoms with Crippen LogP contribution in [0.1, 0.15) is 0 Å². The molecule has 2 N–H and O–H groups in total. The Morgan fingerprint density at radius 2 is 1.10 bits per heavy atom. The van der Waals surface area contributed by atoms with E-state index in [0.29, 0.717) is 0 Å². The van der Waals surface area contributed by atoms with Crippen LogP contribution in [0.5, 0.6) is 0 Å². The molecule has 0 fully saturated rings. The molecule has 0 heterocycles. The van der Waals surface area contributed by atoms with Crippen LogP contribution in [0.3, 0.4) is 0 Å². The van der Waals surface area contributed by atoms with E-state index in [1.165, 1.54) is 11.6 Å². The summed E-state index contributed by atoms with van der Waals surface area (Å²) in [5.41, 5.74) is 10.1. The third-order valence-electron chi connectivity index (χ3n) is 3.32. The number of anilines is 1. The quantitative estimate of drug-likeness (QED) is 0.664. The van der Waals surface area contributed by atoms with Crippen molar-refractivity contribution in [2.24, 2.45) is 0 Å². The highest BCUT2D eigenvalue weighted by molar-refractivity contribution is 5.72. The van der Waals surface area contributed by atoms with E-state index in [1.54, 1.807) is 12.1 Å². The standard InChI is InChI=1S/C18H14FN/c19-17-11-10-16(12-18(17)20)15-8-6-14(7-9-15)13-4-2-1-3-5-13/h1-12H,20H2. The van der Waals surface area contributed by atoms with Crippen molar-refractivity contribution in [2.45, 2.75) is 0 Å². The second kappa shape index (κ2) is 5.17. The van der Waals surface area contributed by atoms with Gasteiger partial charge in [-0.05, 0) is 34.4 Å². The number of halogens is 1. The average Bonchev–Trinajstić information content (AvgIpc) is 2.51. The lowest BCUT2D eigenvalue weighted by atomic mass is 10.00. The van der Waals surface area contributed by atoms with Gasteiger partial charge in [0.2, 0.25) is 0 Å². The van der Waals surface area contributed by atoms with Crippen LogP contribution >= 0.6 is 0 Å². The Bertz CT molecular complexity index is 718. The molecule has 0 aliphatic heterocycles. The summed E-state index contributed by atoms with van der Waals surface area (Å²) in [6.07, 6.45) is 0. The van der Waals surface area contributed by atoms with Gasteiger partial charge >= 0.3 is 0 Å². The Balaban J connectivity index is 1.95. The van der Waals surface area contributed by atoms with E-state index in [2.05, 4.69) is 24.3 Å². The fourth-order valence-electron chi connectivity index (χ4n) is 2.21. The lowest BCUT2D eigenvalue weighted by Crippen LogP contribution is -1.90. The fraction of sp³-hybridized carbons (Fsp3) is 0. The van der Waals surface area contributed by atoms with E-state index in [-0.39, 0.29) is 11.5 Å². The Kier molecular flexibility index (Phi) is 3.21. The predicted octanol–water partition coefficient (Wildman–Crippen LogP) is 4.74. The molecule has 0 aliphatic carbocycles. The Morgan fingerprint density at radius 1 is 0.600 bits per heavy atom. The summed E-state index contributed by atoms with van der Waals surface area (Å²) in [7, 11) is 0. The zero-order valence-corrected chi connectivity index (χ0v) is 10.9. The zero-order chi connectivity index (χ0) is 13.9. The first-order valence-corrected chi connectivity index (χ1v) is 6.45. The molecular formula is C18H14FN. The molecule has 3 aromatic rings. The van der Waals surface area contributed by atoms with Crippen molar-refractivity contribution in [1.82, 2.24) is 0 Å². The summed E-state index contributed by atoms with van der Waals surface area (Å²) >= 11 is 0. The molecule has 0 saturated heterocycles. The van der Waals surface area contributed by atoms with Crippen LogP contribution in [0.4, 0.5) is 10.1 Å². The number of nitrogens with two attached hydrogens (primary N) is 1. The third kappa shape index (κ3) is 2.41. The van der Waals surface area contributed by atoms with Crippen molar-refractivity contribution in [3.05, 3.63) is 78.6 Å². The Hall–Kier alpha value is -2.61. The molecule has 3 aromatic carbocycles. The average molecular weight is 263 g/mol. The van der Waals surface area contributed by atoms with Crippen molar-refractivity contribution >= 4 is 5.69 Å². The van der Waals surface area contributed by atoms with Gasteiger partial charge in [0.15, 0.2) is 0 Å². The fourth-order valence-corrected chi connectivity index (χ4v) is 2.21. The lowest BCUT2D eigenvalue weighted by Gasteiger charge is -2.06. The normalized spacial score (nSPS) is 10.4. The van der Waals surface area contributed by atoms with Gasteiger partial charge in [0.25, 0.3) is 0 Å². The van der Waals surface area contributed by atoms with Crippen LogP contribution in [0.25, 0.3) is 22.3 Å². The second-order valence-corrected chi connectivity index (χ2v) is 4.68. The minimum Gasteiger partial charge on any atom is -0.396 e. The van der Waals surface area contributed by atoms with Crippen molar-refractivity contribution in [1.29, 1.82) is 0 Å². The van der Waals surface area contributed by atoms with Gasteiger partial charge < -0.3 is 5.73 Å². The van der Waals surface area contributed by atoms with E-state index in [9.17, 15) is 4.39 Å². The van der Waals surface area contributed by atoms with Crippen LogP contribution in [-0.2, 0) is 0 Å². The summed E-state index contributed by atoms with van der Waals surface area (Å²) in [5.74, 6) is -0.380. The van der Waals surface area contributed by atoms with Crippen LogP contribution in [0.2, 0.25) is 0 Å². The molecule has 98 valence electrons. The molecule has 0 bridgehead atoms. The van der Waals surface area contributed by atoms with Gasteiger partial charge in [-0.3, -0.25) is 0 Å². The summed E-state index contributed by atoms with van der Waals surface area (Å²) in [6.45, 7) is 0. The zero-order valence-electron chi connectivity index (χ0n) is 10.9. The van der Waals surface area contributed by atoms with Crippen molar-refractivity contribution in [3.63, 3.8) is 0 Å². The van der Waals surface area contributed by atoms with Crippen LogP contribution < -0.4 is 5.73 Å². The van der Waals surface area contributed by atoms with E-state index < -0.39 is 0 Å². The van der Waals surface area contributed by atoms with Crippen molar-refractivity contribution < 1.29 is 4.39 Å². The predicted molar refractivity (Wildman–Crippen MR) is 81.7 cm³/mol. The van der Waals surface area contributed by atoms with E-state index >= 15 is 0 Å². The monoisotopic (exact) mass is 263 g/mol. The van der Waals surface area contributed by atoms with Crippen LogP contribution in [0.15, 0.2) is 72.8 Å². The van der Waals surface area contributed by atoms with Gasteiger partial charge in [-0.2, -0.15) is 0 Å². The molecular weight excluding hydrogens is 249 g/mol. The molecule has 0 aromatic heterocycles. The van der Waals surface area contributed by atoms with Gasteiger partial charge in [0, 0.05) is 0 Å². The first-order valence-electron chi connectivity index (χ1n) is 6.45. The molecule has 0 atom stereocenters. The van der Waals surface area contributed by atoms with Gasteiger partial charge in [-0.25, -0.2) is 4.39 Å². The van der Waals surface area contributed by atoms with E-state index in [4.69, 9.17) is 5.73 Å². The lowest BCUT2D eigenvalue weighted by molar-refractivity contribution is 0.632. The smallest absolute Gasteiger partial charge is 0.146 e. The summed E-state index contributed by atoms with van der Waals surface area (Å²) in [4.78, 5) is 0. The molecule has 0 spiro atoms. The maximum Gasteiger partial charge on any atom is 0.146 e. The SMILES string of the molecule is Nc1cc(-c2ccc(-c3ccccc3)cc2)ccc1F. The number of hydrogen-bond acceptors (Lipinski definition) is 1. The molecule has 0 saturated carbocycles. The summed E-state index contributed by atoms with van der Waals surface area (Å²) in [6, 6.07) is 23.1. The molecule has 0 amide bonds. The largest absolute Gasteiger partial charge is 0.396 e. The van der Waals surface area contributed by atoms with Gasteiger partial charge in [-0.15, -0.1) is 0 Å². The topological polar surface area (TPSA) is 26.0 Å². The second-order valence-electron chi connectivity index (χ2n) is 4.68. The minimum atomic E-state index is -0.380. The molecule has 1 nitrogen and oxygen atoms in total. The summed E-state index contributed by atoms with van der Waals surface area (Å²) < 4.78 is 13.2. The maximum absolute atomic E-state index is 13.2. The highest BCUT2D eigenvalue weighted by Gasteiger charge is 2.03. The number of benzene rings is 3. The Morgan fingerprint density at radius 3 is 1.70 bits per heavy atom. The highest BCUT2D eigenvalue weighted by Crippen LogP contribution is 2.26. The number of rotatable bonds is 2. The summed E-state index contributed by atoms with van der Waals surface area (Å²) in [5, 5.41) is 0. The molecule has 0 radical (unpaired) electrons. The van der Waals surface area contributed by atoms with Crippen LogP contribution in [0, 0.1) is 5.82 Å². The number of nitrogen functional groups attached to an aromatic ring is 1. The Labute approximate surface area is 117 Å². The number of hydrogen-bond donors (Lipinski definition) is 1. The first kappa shape index (κ1) is 12.4. The van der Waals surface area contributed by atoms with Crippen molar-refractivity contribution in [3.8, 4) is 22.3 Å². The van der Waals surface area contributed by atoms with E-state index in [1.807, 2.05) is 30.3 Å². The van der Waals surface area contributed by atoms with Gasteiger partial charge in [0.1, 0.15) is 5.82 Å².